The van der Waals surface area contributed by atoms with Gasteiger partial charge in [0.25, 0.3) is 0 Å². The molecule has 0 heterocycles. The summed E-state index contributed by atoms with van der Waals surface area (Å²) in [4.78, 5) is 10.8. The monoisotopic (exact) mass is 241 g/mol. The number of halogens is 1. The van der Waals surface area contributed by atoms with Crippen LogP contribution >= 0.6 is 12.4 Å². The molecule has 2 N–H and O–H groups in total. The molecule has 0 amide bonds. The number of rotatable bonds is 6. The van der Waals surface area contributed by atoms with Crippen LogP contribution in [0.3, 0.4) is 0 Å². The van der Waals surface area contributed by atoms with Gasteiger partial charge in [0.05, 0.1) is 0 Å². The van der Waals surface area contributed by atoms with Gasteiger partial charge in [0, 0.05) is 6.54 Å². The molecule has 0 aliphatic rings. The highest BCUT2D eigenvalue weighted by atomic mass is 35.5. The Labute approximate surface area is 102 Å². The van der Waals surface area contributed by atoms with Crippen LogP contribution in [-0.4, -0.2) is 17.1 Å². The predicted molar refractivity (Wildman–Crippen MR) is 66.8 cm³/mol. The highest BCUT2D eigenvalue weighted by molar-refractivity contribution is 5.85. The average Bonchev–Trinajstić information content (AvgIpc) is 2.25. The largest absolute Gasteiger partial charge is 0.480 e. The molecule has 88 valence electrons. The van der Waals surface area contributed by atoms with Crippen molar-refractivity contribution in [3.63, 3.8) is 0 Å². The van der Waals surface area contributed by atoms with Crippen LogP contribution in [0.25, 0.3) is 0 Å². The summed E-state index contributed by atoms with van der Waals surface area (Å²) < 4.78 is 0. The maximum atomic E-state index is 10.8. The molecule has 1 aromatic rings. The van der Waals surface area contributed by atoms with Crippen LogP contribution in [-0.2, 0) is 11.3 Å². The number of carbonyl (C=O) groups is 1. The summed E-state index contributed by atoms with van der Waals surface area (Å²) in [7, 11) is 0. The fourth-order valence-electron chi connectivity index (χ4n) is 1.28. The van der Waals surface area contributed by atoms with Crippen LogP contribution in [0.15, 0.2) is 43.0 Å². The topological polar surface area (TPSA) is 49.3 Å². The Hall–Kier alpha value is -1.32. The highest BCUT2D eigenvalue weighted by Crippen LogP contribution is 2.00. The standard InChI is InChI=1S/C12H15NO2.ClH/c1-2-6-11(12(14)15)13-9-10-7-4-3-5-8-10;/h2-5,7-8,11,13H,1,6,9H2,(H,14,15);1H/t11-;/m0./s1. The van der Waals surface area contributed by atoms with Crippen molar-refractivity contribution in [2.24, 2.45) is 0 Å². The molecule has 0 radical (unpaired) electrons. The Morgan fingerprint density at radius 2 is 2.06 bits per heavy atom. The Morgan fingerprint density at radius 3 is 2.56 bits per heavy atom. The first kappa shape index (κ1) is 14.7. The SMILES string of the molecule is C=CC[C@H](NCc1ccccc1)C(=O)O.Cl. The maximum Gasteiger partial charge on any atom is 0.321 e. The lowest BCUT2D eigenvalue weighted by Crippen LogP contribution is -2.35. The minimum absolute atomic E-state index is 0. The van der Waals surface area contributed by atoms with Crippen LogP contribution in [0.2, 0.25) is 0 Å². The third-order valence-electron chi connectivity index (χ3n) is 2.10. The van der Waals surface area contributed by atoms with Crippen LogP contribution in [0, 0.1) is 0 Å². The number of nitrogens with one attached hydrogen (secondary N) is 1. The van der Waals surface area contributed by atoms with Crippen molar-refractivity contribution in [2.45, 2.75) is 19.0 Å². The molecule has 0 saturated carbocycles. The normalized spacial score (nSPS) is 11.2. The van der Waals surface area contributed by atoms with E-state index in [1.165, 1.54) is 0 Å². The minimum atomic E-state index is -0.842. The van der Waals surface area contributed by atoms with Crippen LogP contribution in [0.4, 0.5) is 0 Å². The summed E-state index contributed by atoms with van der Waals surface area (Å²) in [6.07, 6.45) is 2.04. The van der Waals surface area contributed by atoms with E-state index in [9.17, 15) is 4.79 Å². The highest BCUT2D eigenvalue weighted by Gasteiger charge is 2.13. The number of carboxylic acid groups (broad SMARTS) is 1. The van der Waals surface area contributed by atoms with E-state index in [0.717, 1.165) is 5.56 Å². The van der Waals surface area contributed by atoms with E-state index >= 15 is 0 Å². The Morgan fingerprint density at radius 1 is 1.44 bits per heavy atom. The summed E-state index contributed by atoms with van der Waals surface area (Å²) in [5.74, 6) is -0.842. The van der Waals surface area contributed by atoms with Gasteiger partial charge in [0.1, 0.15) is 6.04 Å². The third-order valence-corrected chi connectivity index (χ3v) is 2.10. The van der Waals surface area contributed by atoms with Crippen LogP contribution < -0.4 is 5.32 Å². The fraction of sp³-hybridized carbons (Fsp3) is 0.250. The molecule has 1 atom stereocenters. The molecule has 0 spiro atoms. The average molecular weight is 242 g/mol. The minimum Gasteiger partial charge on any atom is -0.480 e. The third kappa shape index (κ3) is 4.96. The molecular formula is C12H16ClNO2. The zero-order valence-corrected chi connectivity index (χ0v) is 9.74. The van der Waals surface area contributed by atoms with E-state index in [1.54, 1.807) is 6.08 Å². The van der Waals surface area contributed by atoms with Gasteiger partial charge in [-0.25, -0.2) is 0 Å². The van der Waals surface area contributed by atoms with E-state index < -0.39 is 12.0 Å². The lowest BCUT2D eigenvalue weighted by Gasteiger charge is -2.12. The molecule has 1 rings (SSSR count). The van der Waals surface area contributed by atoms with Crippen LogP contribution in [0.5, 0.6) is 0 Å². The van der Waals surface area contributed by atoms with Crippen molar-refractivity contribution >= 4 is 18.4 Å². The molecule has 0 fully saturated rings. The van der Waals surface area contributed by atoms with Gasteiger partial charge < -0.3 is 10.4 Å². The molecule has 0 aromatic heterocycles. The number of hydrogen-bond acceptors (Lipinski definition) is 2. The van der Waals surface area contributed by atoms with Gasteiger partial charge in [0.2, 0.25) is 0 Å². The lowest BCUT2D eigenvalue weighted by molar-refractivity contribution is -0.139. The summed E-state index contributed by atoms with van der Waals surface area (Å²) in [6, 6.07) is 9.16. The second-order valence-corrected chi connectivity index (χ2v) is 3.28. The molecule has 0 aliphatic heterocycles. The summed E-state index contributed by atoms with van der Waals surface area (Å²) in [6.45, 7) is 4.10. The first-order chi connectivity index (χ1) is 7.24. The quantitative estimate of drug-likeness (QED) is 0.751. The summed E-state index contributed by atoms with van der Waals surface area (Å²) in [5.41, 5.74) is 1.08. The van der Waals surface area contributed by atoms with Gasteiger partial charge >= 0.3 is 5.97 Å². The van der Waals surface area contributed by atoms with E-state index in [1.807, 2.05) is 30.3 Å². The van der Waals surface area contributed by atoms with Gasteiger partial charge in [-0.05, 0) is 12.0 Å². The number of hydrogen-bond donors (Lipinski definition) is 2. The molecule has 16 heavy (non-hydrogen) atoms. The van der Waals surface area contributed by atoms with Gasteiger partial charge in [-0.2, -0.15) is 0 Å². The summed E-state index contributed by atoms with van der Waals surface area (Å²) in [5, 5.41) is 11.8. The Balaban J connectivity index is 0.00000225. The van der Waals surface area contributed by atoms with Gasteiger partial charge in [-0.3, -0.25) is 4.79 Å². The van der Waals surface area contributed by atoms with Crippen molar-refractivity contribution in [3.8, 4) is 0 Å². The zero-order chi connectivity index (χ0) is 11.1. The molecule has 4 heteroatoms. The van der Waals surface area contributed by atoms with Gasteiger partial charge in [0.15, 0.2) is 0 Å². The van der Waals surface area contributed by atoms with Crippen molar-refractivity contribution in [3.05, 3.63) is 48.6 Å². The number of benzene rings is 1. The zero-order valence-electron chi connectivity index (χ0n) is 8.93. The van der Waals surface area contributed by atoms with E-state index in [0.29, 0.717) is 13.0 Å². The lowest BCUT2D eigenvalue weighted by atomic mass is 10.1. The fourth-order valence-corrected chi connectivity index (χ4v) is 1.28. The van der Waals surface area contributed by atoms with Crippen molar-refractivity contribution in [1.29, 1.82) is 0 Å². The molecule has 0 aliphatic carbocycles. The van der Waals surface area contributed by atoms with E-state index in [2.05, 4.69) is 11.9 Å². The van der Waals surface area contributed by atoms with Gasteiger partial charge in [-0.15, -0.1) is 19.0 Å². The molecule has 0 unspecified atom stereocenters. The maximum absolute atomic E-state index is 10.8. The van der Waals surface area contributed by atoms with Gasteiger partial charge in [-0.1, -0.05) is 36.4 Å². The second kappa shape index (κ2) is 7.91. The summed E-state index contributed by atoms with van der Waals surface area (Å²) >= 11 is 0. The van der Waals surface area contributed by atoms with E-state index in [4.69, 9.17) is 5.11 Å². The number of carboxylic acids is 1. The molecule has 0 saturated heterocycles. The molecule has 0 bridgehead atoms. The van der Waals surface area contributed by atoms with Crippen LogP contribution in [0.1, 0.15) is 12.0 Å². The molecular weight excluding hydrogens is 226 g/mol. The Kier molecular flexibility index (Phi) is 7.25. The van der Waals surface area contributed by atoms with Crippen molar-refractivity contribution < 1.29 is 9.90 Å². The smallest absolute Gasteiger partial charge is 0.321 e. The predicted octanol–water partition coefficient (Wildman–Crippen LogP) is 2.23. The molecule has 1 aromatic carbocycles. The first-order valence-electron chi connectivity index (χ1n) is 4.85. The second-order valence-electron chi connectivity index (χ2n) is 3.28. The molecule has 3 nitrogen and oxygen atoms in total. The van der Waals surface area contributed by atoms with E-state index in [-0.39, 0.29) is 12.4 Å². The Bertz CT molecular complexity index is 327. The van der Waals surface area contributed by atoms with Crippen molar-refractivity contribution in [1.82, 2.24) is 5.32 Å². The van der Waals surface area contributed by atoms with Crippen molar-refractivity contribution in [2.75, 3.05) is 0 Å². The number of aliphatic carboxylic acids is 1. The first-order valence-corrected chi connectivity index (χ1v) is 4.85.